The molecule has 1 rings (SSSR count). The van der Waals surface area contributed by atoms with Crippen molar-refractivity contribution in [2.75, 3.05) is 37.5 Å². The molecular weight excluding hydrogens is 248 g/mol. The zero-order valence-corrected chi connectivity index (χ0v) is 12.3. The first kappa shape index (κ1) is 15.0. The minimum Gasteiger partial charge on any atom is -0.374 e. The quantitative estimate of drug-likeness (QED) is 0.850. The third-order valence-corrected chi connectivity index (χ3v) is 3.99. The predicted octanol–water partition coefficient (Wildman–Crippen LogP) is 1.45. The van der Waals surface area contributed by atoms with Crippen molar-refractivity contribution in [3.05, 3.63) is 29.8 Å². The molecule has 0 aromatic heterocycles. The lowest BCUT2D eigenvalue weighted by molar-refractivity contribution is 0.601. The Labute approximate surface area is 110 Å². The van der Waals surface area contributed by atoms with Crippen molar-refractivity contribution in [1.82, 2.24) is 5.32 Å². The molecule has 0 radical (unpaired) electrons. The van der Waals surface area contributed by atoms with E-state index < -0.39 is 9.84 Å². The maximum absolute atomic E-state index is 11.1. The molecule has 18 heavy (non-hydrogen) atoms. The lowest BCUT2D eigenvalue weighted by Gasteiger charge is -2.20. The lowest BCUT2D eigenvalue weighted by atomic mass is 10.1. The van der Waals surface area contributed by atoms with E-state index in [4.69, 9.17) is 0 Å². The monoisotopic (exact) mass is 270 g/mol. The van der Waals surface area contributed by atoms with Crippen molar-refractivity contribution in [3.63, 3.8) is 0 Å². The van der Waals surface area contributed by atoms with Gasteiger partial charge in [-0.1, -0.05) is 12.1 Å². The van der Waals surface area contributed by atoms with Crippen LogP contribution in [0.3, 0.4) is 0 Å². The third-order valence-electron chi connectivity index (χ3n) is 3.06. The van der Waals surface area contributed by atoms with Gasteiger partial charge in [0.05, 0.1) is 5.75 Å². The summed E-state index contributed by atoms with van der Waals surface area (Å²) >= 11 is 0. The van der Waals surface area contributed by atoms with Gasteiger partial charge < -0.3 is 10.2 Å². The number of nitrogens with one attached hydrogen (secondary N) is 1. The van der Waals surface area contributed by atoms with Crippen LogP contribution in [-0.4, -0.2) is 41.1 Å². The summed E-state index contributed by atoms with van der Waals surface area (Å²) in [6, 6.07) is 8.48. The van der Waals surface area contributed by atoms with E-state index in [9.17, 15) is 8.42 Å². The molecule has 0 aliphatic carbocycles. The van der Waals surface area contributed by atoms with Crippen LogP contribution in [0, 0.1) is 0 Å². The number of hydrogen-bond acceptors (Lipinski definition) is 4. The number of rotatable bonds is 6. The van der Waals surface area contributed by atoms with E-state index in [1.54, 1.807) is 0 Å². The highest BCUT2D eigenvalue weighted by molar-refractivity contribution is 7.90. The number of hydrogen-bond donors (Lipinski definition) is 1. The van der Waals surface area contributed by atoms with E-state index in [2.05, 4.69) is 24.4 Å². The molecule has 1 N–H and O–H groups in total. The molecule has 1 aromatic carbocycles. The molecule has 4 nitrogen and oxygen atoms in total. The standard InChI is InChI=1S/C13H22N2O2S/c1-11(14-2)12-5-7-13(8-6-12)15(3)9-10-18(4,16)17/h5-8,11,14H,9-10H2,1-4H3. The van der Waals surface area contributed by atoms with Crippen LogP contribution in [0.15, 0.2) is 24.3 Å². The van der Waals surface area contributed by atoms with Gasteiger partial charge in [0.25, 0.3) is 0 Å². The average molecular weight is 270 g/mol. The zero-order chi connectivity index (χ0) is 13.8. The Morgan fingerprint density at radius 2 is 1.83 bits per heavy atom. The Hall–Kier alpha value is -1.07. The topological polar surface area (TPSA) is 49.4 Å². The van der Waals surface area contributed by atoms with E-state index in [1.165, 1.54) is 11.8 Å². The van der Waals surface area contributed by atoms with Gasteiger partial charge in [0.2, 0.25) is 0 Å². The minimum absolute atomic E-state index is 0.179. The molecule has 0 bridgehead atoms. The van der Waals surface area contributed by atoms with E-state index in [-0.39, 0.29) is 5.75 Å². The van der Waals surface area contributed by atoms with Crippen LogP contribution >= 0.6 is 0 Å². The Bertz CT molecular complexity index is 468. The summed E-state index contributed by atoms with van der Waals surface area (Å²) in [5.74, 6) is 0.179. The van der Waals surface area contributed by atoms with Crippen LogP contribution in [0.2, 0.25) is 0 Å². The van der Waals surface area contributed by atoms with Gasteiger partial charge in [-0.15, -0.1) is 0 Å². The lowest BCUT2D eigenvalue weighted by Crippen LogP contribution is -2.24. The zero-order valence-electron chi connectivity index (χ0n) is 11.5. The predicted molar refractivity (Wildman–Crippen MR) is 76.9 cm³/mol. The van der Waals surface area contributed by atoms with E-state index in [0.717, 1.165) is 5.69 Å². The highest BCUT2D eigenvalue weighted by Gasteiger charge is 2.07. The van der Waals surface area contributed by atoms with Crippen LogP contribution in [0.5, 0.6) is 0 Å². The van der Waals surface area contributed by atoms with Crippen molar-refractivity contribution in [3.8, 4) is 0 Å². The first-order chi connectivity index (χ1) is 8.33. The summed E-state index contributed by atoms with van der Waals surface area (Å²) in [7, 11) is 0.927. The molecule has 0 saturated carbocycles. The maximum atomic E-state index is 11.1. The normalized spacial score (nSPS) is 13.3. The summed E-state index contributed by atoms with van der Waals surface area (Å²) in [6.07, 6.45) is 1.26. The average Bonchev–Trinajstić information content (AvgIpc) is 2.34. The largest absolute Gasteiger partial charge is 0.374 e. The molecule has 0 heterocycles. The number of nitrogens with zero attached hydrogens (tertiary/aromatic N) is 1. The summed E-state index contributed by atoms with van der Waals surface area (Å²) < 4.78 is 22.2. The summed E-state index contributed by atoms with van der Waals surface area (Å²) in [5.41, 5.74) is 2.25. The Balaban J connectivity index is 2.67. The first-order valence-corrected chi connectivity index (χ1v) is 8.05. The summed E-state index contributed by atoms with van der Waals surface area (Å²) in [4.78, 5) is 1.95. The van der Waals surface area contributed by atoms with Crippen molar-refractivity contribution in [2.24, 2.45) is 0 Å². The fourth-order valence-corrected chi connectivity index (χ4v) is 2.22. The molecule has 0 fully saturated rings. The molecule has 0 aliphatic heterocycles. The van der Waals surface area contributed by atoms with Gasteiger partial charge >= 0.3 is 0 Å². The fraction of sp³-hybridized carbons (Fsp3) is 0.538. The van der Waals surface area contributed by atoms with Crippen molar-refractivity contribution >= 4 is 15.5 Å². The van der Waals surface area contributed by atoms with Gasteiger partial charge in [-0.25, -0.2) is 8.42 Å². The van der Waals surface area contributed by atoms with E-state index >= 15 is 0 Å². The SMILES string of the molecule is CNC(C)c1ccc(N(C)CCS(C)(=O)=O)cc1. The molecule has 0 spiro atoms. The van der Waals surface area contributed by atoms with Crippen LogP contribution in [0.25, 0.3) is 0 Å². The van der Waals surface area contributed by atoms with Crippen LogP contribution < -0.4 is 10.2 Å². The van der Waals surface area contributed by atoms with E-state index in [1.807, 2.05) is 31.1 Å². The van der Waals surface area contributed by atoms with E-state index in [0.29, 0.717) is 12.6 Å². The van der Waals surface area contributed by atoms with Gasteiger partial charge in [0, 0.05) is 31.6 Å². The Morgan fingerprint density at radius 1 is 1.28 bits per heavy atom. The smallest absolute Gasteiger partial charge is 0.149 e. The molecule has 0 saturated heterocycles. The van der Waals surface area contributed by atoms with Gasteiger partial charge in [-0.05, 0) is 31.7 Å². The van der Waals surface area contributed by atoms with Gasteiger partial charge in [-0.3, -0.25) is 0 Å². The summed E-state index contributed by atoms with van der Waals surface area (Å²) in [5, 5.41) is 3.18. The molecule has 5 heteroatoms. The van der Waals surface area contributed by atoms with Gasteiger partial charge in [-0.2, -0.15) is 0 Å². The number of anilines is 1. The van der Waals surface area contributed by atoms with Gasteiger partial charge in [0.15, 0.2) is 0 Å². The van der Waals surface area contributed by atoms with Crippen LogP contribution in [0.1, 0.15) is 18.5 Å². The fourth-order valence-electron chi connectivity index (χ4n) is 1.62. The molecular formula is C13H22N2O2S. The number of benzene rings is 1. The second-order valence-corrected chi connectivity index (χ2v) is 6.91. The van der Waals surface area contributed by atoms with Gasteiger partial charge in [0.1, 0.15) is 9.84 Å². The second-order valence-electron chi connectivity index (χ2n) is 4.65. The molecule has 102 valence electrons. The molecule has 1 aromatic rings. The highest BCUT2D eigenvalue weighted by atomic mass is 32.2. The molecule has 0 aliphatic rings. The molecule has 1 atom stereocenters. The first-order valence-electron chi connectivity index (χ1n) is 5.99. The second kappa shape index (κ2) is 6.20. The van der Waals surface area contributed by atoms with Crippen molar-refractivity contribution in [2.45, 2.75) is 13.0 Å². The summed E-state index contributed by atoms with van der Waals surface area (Å²) in [6.45, 7) is 2.61. The third kappa shape index (κ3) is 4.66. The van der Waals surface area contributed by atoms with Crippen molar-refractivity contribution < 1.29 is 8.42 Å². The van der Waals surface area contributed by atoms with Crippen LogP contribution in [-0.2, 0) is 9.84 Å². The Kier molecular flexibility index (Phi) is 5.16. The highest BCUT2D eigenvalue weighted by Crippen LogP contribution is 2.17. The van der Waals surface area contributed by atoms with Crippen LogP contribution in [0.4, 0.5) is 5.69 Å². The molecule has 0 amide bonds. The Morgan fingerprint density at radius 3 is 2.28 bits per heavy atom. The minimum atomic E-state index is -2.90. The van der Waals surface area contributed by atoms with Crippen molar-refractivity contribution in [1.29, 1.82) is 0 Å². The number of sulfone groups is 1. The maximum Gasteiger partial charge on any atom is 0.149 e. The molecule has 1 unspecified atom stereocenters.